The van der Waals surface area contributed by atoms with Crippen molar-refractivity contribution in [2.45, 2.75) is 30.7 Å². The smallest absolute Gasteiger partial charge is 0.257 e. The number of piperazine rings is 1. The van der Waals surface area contributed by atoms with E-state index < -0.39 is 10.0 Å². The Balaban J connectivity index is 1.47. The molecular formula is C31H36N6O4S. The Hall–Kier alpha value is -4.11. The summed E-state index contributed by atoms with van der Waals surface area (Å²) < 4.78 is 30.0. The zero-order valence-electron chi connectivity index (χ0n) is 23.9. The maximum atomic E-state index is 14.0. The van der Waals surface area contributed by atoms with Gasteiger partial charge in [-0.25, -0.2) is 13.6 Å². The lowest BCUT2D eigenvalue weighted by Gasteiger charge is -2.39. The van der Waals surface area contributed by atoms with Crippen LogP contribution in [0.4, 0.5) is 17.1 Å². The second kappa shape index (κ2) is 12.4. The van der Waals surface area contributed by atoms with Crippen LogP contribution in [0.2, 0.25) is 0 Å². The number of primary sulfonamides is 1. The Labute approximate surface area is 247 Å². The van der Waals surface area contributed by atoms with Crippen molar-refractivity contribution in [1.29, 1.82) is 5.26 Å². The molecule has 0 spiro atoms. The van der Waals surface area contributed by atoms with Crippen LogP contribution < -0.4 is 25.0 Å². The van der Waals surface area contributed by atoms with Gasteiger partial charge in [0.05, 0.1) is 29.6 Å². The van der Waals surface area contributed by atoms with Gasteiger partial charge < -0.3 is 24.8 Å². The normalized spacial score (nSPS) is 16.1. The topological polar surface area (TPSA) is 132 Å². The molecule has 0 unspecified atom stereocenters. The average Bonchev–Trinajstić information content (AvgIpc) is 3.02. The van der Waals surface area contributed by atoms with E-state index in [1.165, 1.54) is 6.07 Å². The number of ether oxygens (including phenoxy) is 1. The van der Waals surface area contributed by atoms with Crippen molar-refractivity contribution in [1.82, 2.24) is 10.2 Å². The van der Waals surface area contributed by atoms with Crippen molar-refractivity contribution >= 4 is 33.0 Å². The van der Waals surface area contributed by atoms with Gasteiger partial charge in [-0.3, -0.25) is 4.79 Å². The fraction of sp³-hybridized carbons (Fsp3) is 0.355. The molecule has 11 heteroatoms. The highest BCUT2D eigenvalue weighted by Gasteiger charge is 2.30. The van der Waals surface area contributed by atoms with E-state index in [-0.39, 0.29) is 16.8 Å². The molecule has 220 valence electrons. The van der Waals surface area contributed by atoms with Gasteiger partial charge in [0.15, 0.2) is 0 Å². The molecule has 0 aliphatic carbocycles. The Morgan fingerprint density at radius 1 is 1.02 bits per heavy atom. The number of benzene rings is 3. The SMILES string of the molecule is COc1cc(C)c(N(c2ccccc2C#N)C2CCNCC2)cc1C(=O)N1CCN(c2ccccc2S(N)(=O)=O)CC1. The molecule has 5 rings (SSSR count). The number of nitrogens with zero attached hydrogens (tertiary/aromatic N) is 4. The fourth-order valence-corrected chi connectivity index (χ4v) is 6.67. The van der Waals surface area contributed by atoms with E-state index in [9.17, 15) is 18.5 Å². The minimum atomic E-state index is -3.89. The summed E-state index contributed by atoms with van der Waals surface area (Å²) in [5.74, 6) is 0.327. The predicted molar refractivity (Wildman–Crippen MR) is 163 cm³/mol. The van der Waals surface area contributed by atoms with E-state index in [0.29, 0.717) is 48.7 Å². The van der Waals surface area contributed by atoms with Crippen LogP contribution in [-0.4, -0.2) is 71.6 Å². The number of nitriles is 1. The molecule has 3 N–H and O–H groups in total. The minimum absolute atomic E-state index is 0.0743. The number of anilines is 3. The lowest BCUT2D eigenvalue weighted by atomic mass is 9.98. The fourth-order valence-electron chi connectivity index (χ4n) is 5.91. The molecule has 3 aromatic carbocycles. The van der Waals surface area contributed by atoms with Crippen molar-refractivity contribution in [2.75, 3.05) is 56.2 Å². The first-order valence-electron chi connectivity index (χ1n) is 14.1. The van der Waals surface area contributed by atoms with Gasteiger partial charge in [-0.2, -0.15) is 5.26 Å². The van der Waals surface area contributed by atoms with Crippen LogP contribution in [0.25, 0.3) is 0 Å². The number of aryl methyl sites for hydroxylation is 1. The Bertz CT molecular complexity index is 1610. The highest BCUT2D eigenvalue weighted by Crippen LogP contribution is 2.39. The number of sulfonamides is 1. The van der Waals surface area contributed by atoms with Gasteiger partial charge in [-0.15, -0.1) is 0 Å². The number of para-hydroxylation sites is 2. The molecule has 10 nitrogen and oxygen atoms in total. The van der Waals surface area contributed by atoms with E-state index in [1.807, 2.05) is 48.2 Å². The number of methoxy groups -OCH3 is 1. The second-order valence-electron chi connectivity index (χ2n) is 10.6. The third-order valence-electron chi connectivity index (χ3n) is 8.05. The zero-order chi connectivity index (χ0) is 29.9. The zero-order valence-corrected chi connectivity index (χ0v) is 24.7. The molecular weight excluding hydrogens is 552 g/mol. The molecule has 2 aliphatic rings. The number of nitrogens with two attached hydrogens (primary N) is 1. The first-order valence-corrected chi connectivity index (χ1v) is 15.6. The maximum absolute atomic E-state index is 14.0. The van der Waals surface area contributed by atoms with E-state index in [1.54, 1.807) is 30.2 Å². The number of hydrogen-bond donors (Lipinski definition) is 2. The molecule has 1 amide bonds. The van der Waals surface area contributed by atoms with E-state index >= 15 is 0 Å². The van der Waals surface area contributed by atoms with Gasteiger partial charge in [-0.1, -0.05) is 24.3 Å². The molecule has 0 saturated carbocycles. The molecule has 2 fully saturated rings. The Morgan fingerprint density at radius 2 is 1.69 bits per heavy atom. The molecule has 0 aromatic heterocycles. The molecule has 0 bridgehead atoms. The van der Waals surface area contributed by atoms with Crippen molar-refractivity contribution < 1.29 is 17.9 Å². The van der Waals surface area contributed by atoms with Crippen molar-refractivity contribution in [3.8, 4) is 11.8 Å². The number of nitrogens with one attached hydrogen (secondary N) is 1. The molecule has 2 aliphatic heterocycles. The quantitative estimate of drug-likeness (QED) is 0.430. The number of piperidine rings is 1. The lowest BCUT2D eigenvalue weighted by molar-refractivity contribution is 0.0743. The highest BCUT2D eigenvalue weighted by atomic mass is 32.2. The molecule has 3 aromatic rings. The summed E-state index contributed by atoms with van der Waals surface area (Å²) in [4.78, 5) is 20.0. The van der Waals surface area contributed by atoms with E-state index in [0.717, 1.165) is 42.9 Å². The third-order valence-corrected chi connectivity index (χ3v) is 9.00. The summed E-state index contributed by atoms with van der Waals surface area (Å²) in [6, 6.07) is 20.5. The van der Waals surface area contributed by atoms with Gasteiger partial charge in [0.2, 0.25) is 10.0 Å². The van der Waals surface area contributed by atoms with Gasteiger partial charge >= 0.3 is 0 Å². The molecule has 0 atom stereocenters. The van der Waals surface area contributed by atoms with Crippen LogP contribution >= 0.6 is 0 Å². The van der Waals surface area contributed by atoms with Crippen LogP contribution in [0.15, 0.2) is 65.6 Å². The van der Waals surface area contributed by atoms with Crippen LogP contribution in [-0.2, 0) is 10.0 Å². The number of carbonyl (C=O) groups excluding carboxylic acids is 1. The Morgan fingerprint density at radius 3 is 2.36 bits per heavy atom. The Kier molecular flexibility index (Phi) is 8.68. The molecule has 0 radical (unpaired) electrons. The van der Waals surface area contributed by atoms with Crippen molar-refractivity contribution in [2.24, 2.45) is 5.14 Å². The summed E-state index contributed by atoms with van der Waals surface area (Å²) in [6.07, 6.45) is 1.80. The lowest BCUT2D eigenvalue weighted by Crippen LogP contribution is -2.49. The first-order chi connectivity index (χ1) is 20.2. The van der Waals surface area contributed by atoms with Gasteiger partial charge in [0.1, 0.15) is 16.7 Å². The number of rotatable bonds is 7. The monoisotopic (exact) mass is 588 g/mol. The average molecular weight is 589 g/mol. The summed E-state index contributed by atoms with van der Waals surface area (Å²) in [5.41, 5.74) is 4.20. The second-order valence-corrected chi connectivity index (χ2v) is 12.1. The summed E-state index contributed by atoms with van der Waals surface area (Å²) >= 11 is 0. The summed E-state index contributed by atoms with van der Waals surface area (Å²) in [7, 11) is -2.33. The number of carbonyl (C=O) groups is 1. The number of amides is 1. The minimum Gasteiger partial charge on any atom is -0.496 e. The largest absolute Gasteiger partial charge is 0.496 e. The number of hydrogen-bond acceptors (Lipinski definition) is 8. The third kappa shape index (κ3) is 5.92. The summed E-state index contributed by atoms with van der Waals surface area (Å²) in [6.45, 7) is 5.45. The maximum Gasteiger partial charge on any atom is 0.257 e. The standard InChI is InChI=1S/C31H36N6O4S/c1-22-19-29(41-2)25(20-28(22)37(24-11-13-34-14-12-24)26-8-4-3-7-23(26)21-32)31(38)36-17-15-35(16-18-36)27-9-5-6-10-30(27)42(33,39)40/h3-10,19-20,24,34H,11-18H2,1-2H3,(H2,33,39,40). The van der Waals surface area contributed by atoms with E-state index in [4.69, 9.17) is 9.88 Å². The van der Waals surface area contributed by atoms with Gasteiger partial charge in [0.25, 0.3) is 5.91 Å². The van der Waals surface area contributed by atoms with E-state index in [2.05, 4.69) is 16.3 Å². The molecule has 2 saturated heterocycles. The van der Waals surface area contributed by atoms with Crippen LogP contribution in [0, 0.1) is 18.3 Å². The van der Waals surface area contributed by atoms with Crippen LogP contribution in [0.1, 0.15) is 34.3 Å². The first kappa shape index (κ1) is 29.4. The molecule has 42 heavy (non-hydrogen) atoms. The van der Waals surface area contributed by atoms with Crippen molar-refractivity contribution in [3.63, 3.8) is 0 Å². The summed E-state index contributed by atoms with van der Waals surface area (Å²) in [5, 5.41) is 18.8. The molecule has 2 heterocycles. The van der Waals surface area contributed by atoms with Gasteiger partial charge in [0, 0.05) is 37.9 Å². The highest BCUT2D eigenvalue weighted by molar-refractivity contribution is 7.89. The predicted octanol–water partition coefficient (Wildman–Crippen LogP) is 3.38. The van der Waals surface area contributed by atoms with Crippen molar-refractivity contribution in [3.05, 3.63) is 77.4 Å². The van der Waals surface area contributed by atoms with Crippen LogP contribution in [0.5, 0.6) is 5.75 Å². The van der Waals surface area contributed by atoms with Gasteiger partial charge in [-0.05, 0) is 74.8 Å². The van der Waals surface area contributed by atoms with Crippen LogP contribution in [0.3, 0.4) is 0 Å².